The Balaban J connectivity index is 1.16. The predicted molar refractivity (Wildman–Crippen MR) is 155 cm³/mol. The molecule has 19 heteroatoms. The molecule has 5 heterocycles. The zero-order chi connectivity index (χ0) is 31.7. The average molecular weight is 633 g/mol. The molecule has 1 unspecified atom stereocenters. The minimum Gasteiger partial charge on any atom is -0.477 e. The summed E-state index contributed by atoms with van der Waals surface area (Å²) >= 11 is 1.39. The van der Waals surface area contributed by atoms with E-state index < -0.39 is 30.0 Å². The fraction of sp³-hybridized carbons (Fsp3) is 0.640. The van der Waals surface area contributed by atoms with E-state index in [1.165, 1.54) is 27.7 Å². The van der Waals surface area contributed by atoms with Crippen LogP contribution in [0.3, 0.4) is 0 Å². The molecule has 0 saturated carbocycles. The molecule has 5 rings (SSSR count). The van der Waals surface area contributed by atoms with Crippen molar-refractivity contribution in [2.45, 2.75) is 62.7 Å². The van der Waals surface area contributed by atoms with Crippen molar-refractivity contribution >= 4 is 47.3 Å². The number of aromatic nitrogens is 4. The van der Waals surface area contributed by atoms with Gasteiger partial charge < -0.3 is 42.3 Å². The van der Waals surface area contributed by atoms with Crippen LogP contribution in [0.5, 0.6) is 0 Å². The molecule has 4 amide bonds. The van der Waals surface area contributed by atoms with Crippen LogP contribution in [0.4, 0.5) is 0 Å². The van der Waals surface area contributed by atoms with Crippen LogP contribution in [-0.4, -0.2) is 126 Å². The molecule has 7 atom stereocenters. The van der Waals surface area contributed by atoms with Crippen molar-refractivity contribution < 1.29 is 29.1 Å². The number of carboxylic acid groups (broad SMARTS) is 1. The van der Waals surface area contributed by atoms with E-state index in [0.29, 0.717) is 37.4 Å². The third-order valence-corrected chi connectivity index (χ3v) is 9.88. The first kappa shape index (κ1) is 31.2. The molecule has 18 nitrogen and oxygen atoms in total. The number of aliphatic imine (C=N–C) groups is 1. The second-order valence-electron chi connectivity index (χ2n) is 11.4. The molecule has 3 fully saturated rings. The summed E-state index contributed by atoms with van der Waals surface area (Å²) in [6, 6.07) is -1.59. The lowest BCUT2D eigenvalue weighted by Crippen LogP contribution is -2.66. The standard InChI is InChI=1S/C25H36N12O6S/c1-11-19-18(12(2)31-17(39)9-36-10-30-33-34-36)23(41)37(19)20(24(42)43)21(11)44-14-5-15(28-6-14)22(40)35-4-3-13(8-35)32-16(38)7-29-25(26)27/h10-15,18-19,28H,3-9H2,1-2H3,(H,31,39)(H,32,38)(H,42,43)(H4,26,27,29)/t11-,12-,13-,14+,15+,18-,19?/m1/s1. The number of carbonyl (C=O) groups excluding carboxylic acids is 4. The van der Waals surface area contributed by atoms with Crippen molar-refractivity contribution in [2.24, 2.45) is 28.3 Å². The predicted octanol–water partition coefficient (Wildman–Crippen LogP) is -3.60. The third-order valence-electron chi connectivity index (χ3n) is 8.37. The van der Waals surface area contributed by atoms with Gasteiger partial charge in [-0.1, -0.05) is 6.92 Å². The number of nitrogens with one attached hydrogen (secondary N) is 3. The smallest absolute Gasteiger partial charge is 0.353 e. The summed E-state index contributed by atoms with van der Waals surface area (Å²) in [5.41, 5.74) is 10.5. The van der Waals surface area contributed by atoms with Crippen molar-refractivity contribution in [3.63, 3.8) is 0 Å². The SMILES string of the molecule is C[C@H]1C(S[C@@H]2CN[C@H](C(=O)N3CC[C@@H](NC(=O)CN=C(N)N)C3)C2)=C(C(=O)O)N2C(=O)[C@H]([C@@H](C)NC(=O)Cn3cnnn3)C12. The van der Waals surface area contributed by atoms with Gasteiger partial charge in [0.2, 0.25) is 23.6 Å². The number of hydrogen-bond acceptors (Lipinski definition) is 11. The molecule has 1 aromatic rings. The Morgan fingerprint density at radius 3 is 2.73 bits per heavy atom. The van der Waals surface area contributed by atoms with Crippen LogP contribution in [0.1, 0.15) is 26.7 Å². The highest BCUT2D eigenvalue weighted by Crippen LogP contribution is 2.51. The molecular weight excluding hydrogens is 596 g/mol. The summed E-state index contributed by atoms with van der Waals surface area (Å²) < 4.78 is 1.26. The van der Waals surface area contributed by atoms with Gasteiger partial charge in [0, 0.05) is 47.8 Å². The number of guanidine groups is 1. The number of hydrogen-bond donors (Lipinski definition) is 6. The van der Waals surface area contributed by atoms with Gasteiger partial charge in [0.1, 0.15) is 25.1 Å². The lowest BCUT2D eigenvalue weighted by molar-refractivity contribution is -0.158. The van der Waals surface area contributed by atoms with E-state index >= 15 is 0 Å². The Labute approximate surface area is 256 Å². The number of fused-ring (bicyclic) bond motifs is 1. The quantitative estimate of drug-likeness (QED) is 0.0784. The van der Waals surface area contributed by atoms with Crippen molar-refractivity contribution in [3.05, 3.63) is 16.9 Å². The molecule has 0 bridgehead atoms. The summed E-state index contributed by atoms with van der Waals surface area (Å²) in [4.78, 5) is 70.6. The van der Waals surface area contributed by atoms with E-state index in [2.05, 4.69) is 36.5 Å². The fourth-order valence-corrected chi connectivity index (χ4v) is 7.86. The Morgan fingerprint density at radius 2 is 2.05 bits per heavy atom. The number of likely N-dealkylation sites (tertiary alicyclic amines) is 1. The molecule has 44 heavy (non-hydrogen) atoms. The number of aliphatic carboxylic acids is 1. The number of carboxylic acids is 1. The molecule has 1 aromatic heterocycles. The van der Waals surface area contributed by atoms with Crippen molar-refractivity contribution in [1.82, 2.24) is 46.0 Å². The van der Waals surface area contributed by atoms with Gasteiger partial charge in [-0.15, -0.1) is 16.9 Å². The van der Waals surface area contributed by atoms with Crippen LogP contribution in [-0.2, 0) is 30.5 Å². The summed E-state index contributed by atoms with van der Waals surface area (Å²) in [5, 5.41) is 29.6. The molecule has 0 aromatic carbocycles. The summed E-state index contributed by atoms with van der Waals surface area (Å²) in [5.74, 6) is -3.34. The number of β-lactam (4-membered cyclic amide) rings is 1. The molecule has 0 spiro atoms. The molecule has 0 radical (unpaired) electrons. The first-order chi connectivity index (χ1) is 20.9. The Kier molecular flexibility index (Phi) is 9.05. The molecule has 238 valence electrons. The first-order valence-corrected chi connectivity index (χ1v) is 15.2. The van der Waals surface area contributed by atoms with Crippen LogP contribution >= 0.6 is 11.8 Å². The van der Waals surface area contributed by atoms with Gasteiger partial charge in [-0.3, -0.25) is 19.2 Å². The Morgan fingerprint density at radius 1 is 1.27 bits per heavy atom. The van der Waals surface area contributed by atoms with Crippen LogP contribution < -0.4 is 27.4 Å². The lowest BCUT2D eigenvalue weighted by Gasteiger charge is -2.47. The average Bonchev–Trinajstić information content (AvgIpc) is 3.76. The number of carbonyl (C=O) groups is 5. The normalized spacial score (nSPS) is 28.4. The first-order valence-electron chi connectivity index (χ1n) is 14.3. The maximum absolute atomic E-state index is 13.3. The van der Waals surface area contributed by atoms with Gasteiger partial charge in [-0.25, -0.2) is 14.5 Å². The van der Waals surface area contributed by atoms with Gasteiger partial charge in [-0.2, -0.15) is 0 Å². The van der Waals surface area contributed by atoms with Gasteiger partial charge >= 0.3 is 5.97 Å². The molecule has 3 saturated heterocycles. The zero-order valence-electron chi connectivity index (χ0n) is 24.3. The van der Waals surface area contributed by atoms with Crippen molar-refractivity contribution in [3.8, 4) is 0 Å². The highest BCUT2D eigenvalue weighted by Gasteiger charge is 2.60. The fourth-order valence-electron chi connectivity index (χ4n) is 6.38. The topological polar surface area (TPSA) is 256 Å². The molecule has 4 aliphatic rings. The van der Waals surface area contributed by atoms with Crippen LogP contribution in [0.15, 0.2) is 21.9 Å². The number of amides is 4. The molecule has 0 aliphatic carbocycles. The van der Waals surface area contributed by atoms with Crippen molar-refractivity contribution in [1.29, 1.82) is 0 Å². The second-order valence-corrected chi connectivity index (χ2v) is 12.8. The van der Waals surface area contributed by atoms with E-state index in [1.54, 1.807) is 11.8 Å². The van der Waals surface area contributed by atoms with E-state index in [1.807, 2.05) is 6.92 Å². The second kappa shape index (κ2) is 12.8. The van der Waals surface area contributed by atoms with Gasteiger partial charge in [-0.05, 0) is 30.2 Å². The maximum atomic E-state index is 13.3. The molecule has 8 N–H and O–H groups in total. The summed E-state index contributed by atoms with van der Waals surface area (Å²) in [6.07, 6.45) is 2.40. The molecular formula is C25H36N12O6S. The number of nitrogens with two attached hydrogens (primary N) is 2. The number of tetrazole rings is 1. The van der Waals surface area contributed by atoms with Gasteiger partial charge in [0.15, 0.2) is 5.96 Å². The van der Waals surface area contributed by atoms with Crippen LogP contribution in [0, 0.1) is 11.8 Å². The minimum absolute atomic E-state index is 0.0328. The zero-order valence-corrected chi connectivity index (χ0v) is 25.1. The van der Waals surface area contributed by atoms with E-state index in [0.717, 1.165) is 0 Å². The number of thioether (sulfide) groups is 1. The Bertz CT molecular complexity index is 1380. The van der Waals surface area contributed by atoms with Crippen LogP contribution in [0.2, 0.25) is 0 Å². The minimum atomic E-state index is -1.19. The van der Waals surface area contributed by atoms with Gasteiger partial charge in [0.05, 0.1) is 18.0 Å². The number of rotatable bonds is 11. The summed E-state index contributed by atoms with van der Waals surface area (Å²) in [6.45, 7) is 4.69. The highest BCUT2D eigenvalue weighted by atomic mass is 32.2. The van der Waals surface area contributed by atoms with Crippen molar-refractivity contribution in [2.75, 3.05) is 26.2 Å². The maximum Gasteiger partial charge on any atom is 0.353 e. The van der Waals surface area contributed by atoms with Gasteiger partial charge in [0.25, 0.3) is 0 Å². The van der Waals surface area contributed by atoms with Crippen LogP contribution in [0.25, 0.3) is 0 Å². The third kappa shape index (κ3) is 6.33. The largest absolute Gasteiger partial charge is 0.477 e. The Hall–Kier alpha value is -4.26. The van der Waals surface area contributed by atoms with E-state index in [4.69, 9.17) is 11.5 Å². The lowest BCUT2D eigenvalue weighted by atomic mass is 9.78. The van der Waals surface area contributed by atoms with E-state index in [-0.39, 0.29) is 65.6 Å². The monoisotopic (exact) mass is 632 g/mol. The molecule has 4 aliphatic heterocycles. The number of nitrogens with zero attached hydrogens (tertiary/aromatic N) is 7. The summed E-state index contributed by atoms with van der Waals surface area (Å²) in [7, 11) is 0. The van der Waals surface area contributed by atoms with E-state index in [9.17, 15) is 29.1 Å². The highest BCUT2D eigenvalue weighted by molar-refractivity contribution is 8.03.